The molecule has 0 saturated heterocycles. The van der Waals surface area contributed by atoms with Crippen LogP contribution in [-0.4, -0.2) is 22.2 Å². The van der Waals surface area contributed by atoms with Gasteiger partial charge in [0.15, 0.2) is 0 Å². The van der Waals surface area contributed by atoms with E-state index in [0.717, 1.165) is 33.0 Å². The van der Waals surface area contributed by atoms with E-state index >= 15 is 0 Å². The van der Waals surface area contributed by atoms with E-state index in [1.165, 1.54) is 6.92 Å². The zero-order valence-electron chi connectivity index (χ0n) is 14.2. The van der Waals surface area contributed by atoms with Crippen molar-refractivity contribution < 1.29 is 19.8 Å². The quantitative estimate of drug-likeness (QED) is 0.735. The molecular formula is C22H18O4. The van der Waals surface area contributed by atoms with Gasteiger partial charge in [0.1, 0.15) is 0 Å². The molecular weight excluding hydrogens is 328 g/mol. The lowest BCUT2D eigenvalue weighted by atomic mass is 9.77. The number of benzene rings is 3. The highest BCUT2D eigenvalue weighted by molar-refractivity contribution is 5.94. The van der Waals surface area contributed by atoms with Crippen molar-refractivity contribution in [3.8, 4) is 11.1 Å². The molecule has 130 valence electrons. The standard InChI is InChI=1S/C22H18O4/c1-12(21(23)24)19(22(25)26)20-16-9-5-4-8-15(16)17-10-13-6-2-3-7-14(13)11-18(17)20/h2-12,19-20H,1H3,(H,23,24)(H,25,26). The topological polar surface area (TPSA) is 74.6 Å². The molecule has 0 aromatic heterocycles. The van der Waals surface area contributed by atoms with Crippen molar-refractivity contribution in [1.82, 2.24) is 0 Å². The Kier molecular flexibility index (Phi) is 3.76. The molecule has 26 heavy (non-hydrogen) atoms. The molecule has 0 aliphatic heterocycles. The van der Waals surface area contributed by atoms with E-state index in [-0.39, 0.29) is 0 Å². The maximum absolute atomic E-state index is 12.1. The Morgan fingerprint density at radius 2 is 1.42 bits per heavy atom. The summed E-state index contributed by atoms with van der Waals surface area (Å²) in [6.45, 7) is 1.47. The highest BCUT2D eigenvalue weighted by atomic mass is 16.4. The first-order valence-corrected chi connectivity index (χ1v) is 8.56. The van der Waals surface area contributed by atoms with Gasteiger partial charge in [-0.3, -0.25) is 9.59 Å². The summed E-state index contributed by atoms with van der Waals surface area (Å²) in [5.74, 6) is -4.68. The normalized spacial score (nSPS) is 17.3. The maximum atomic E-state index is 12.1. The summed E-state index contributed by atoms with van der Waals surface area (Å²) in [5, 5.41) is 21.4. The van der Waals surface area contributed by atoms with Crippen LogP contribution in [0.1, 0.15) is 24.0 Å². The van der Waals surface area contributed by atoms with Crippen LogP contribution in [0.4, 0.5) is 0 Å². The molecule has 0 heterocycles. The SMILES string of the molecule is CC(C(=O)O)C(C(=O)O)C1c2ccccc2-c2cc3ccccc3cc21. The second kappa shape index (κ2) is 5.99. The van der Waals surface area contributed by atoms with Gasteiger partial charge in [-0.1, -0.05) is 55.5 Å². The van der Waals surface area contributed by atoms with Crippen molar-refractivity contribution in [2.24, 2.45) is 11.8 Å². The summed E-state index contributed by atoms with van der Waals surface area (Å²) in [4.78, 5) is 23.6. The first-order valence-electron chi connectivity index (χ1n) is 8.56. The molecule has 0 bridgehead atoms. The molecule has 3 atom stereocenters. The molecule has 3 unspecified atom stereocenters. The molecule has 4 nitrogen and oxygen atoms in total. The zero-order chi connectivity index (χ0) is 18.4. The smallest absolute Gasteiger partial charge is 0.308 e. The van der Waals surface area contributed by atoms with Gasteiger partial charge >= 0.3 is 11.9 Å². The molecule has 4 rings (SSSR count). The van der Waals surface area contributed by atoms with Crippen molar-refractivity contribution in [3.05, 3.63) is 71.8 Å². The van der Waals surface area contributed by atoms with Crippen molar-refractivity contribution in [2.75, 3.05) is 0 Å². The number of hydrogen-bond acceptors (Lipinski definition) is 2. The number of aliphatic carboxylic acids is 2. The lowest BCUT2D eigenvalue weighted by Gasteiger charge is -2.25. The second-order valence-electron chi connectivity index (χ2n) is 6.84. The molecule has 1 aliphatic carbocycles. The molecule has 0 fully saturated rings. The molecule has 0 amide bonds. The van der Waals surface area contributed by atoms with Gasteiger partial charge in [-0.15, -0.1) is 0 Å². The minimum absolute atomic E-state index is 0.477. The third-order valence-corrected chi connectivity index (χ3v) is 5.41. The number of fused-ring (bicyclic) bond motifs is 4. The molecule has 0 spiro atoms. The first-order chi connectivity index (χ1) is 12.5. The van der Waals surface area contributed by atoms with Crippen LogP contribution >= 0.6 is 0 Å². The molecule has 0 radical (unpaired) electrons. The van der Waals surface area contributed by atoms with Gasteiger partial charge in [0.25, 0.3) is 0 Å². The Labute approximate surface area is 150 Å². The predicted molar refractivity (Wildman–Crippen MR) is 99.2 cm³/mol. The van der Waals surface area contributed by atoms with Gasteiger partial charge in [-0.2, -0.15) is 0 Å². The lowest BCUT2D eigenvalue weighted by Crippen LogP contribution is -2.32. The third kappa shape index (κ3) is 2.37. The summed E-state index contributed by atoms with van der Waals surface area (Å²) in [6, 6.07) is 19.7. The largest absolute Gasteiger partial charge is 0.481 e. The molecule has 1 aliphatic rings. The second-order valence-corrected chi connectivity index (χ2v) is 6.84. The number of carboxylic acid groups (broad SMARTS) is 2. The van der Waals surface area contributed by atoms with E-state index in [0.29, 0.717) is 0 Å². The van der Waals surface area contributed by atoms with Crippen LogP contribution in [0, 0.1) is 11.8 Å². The molecule has 0 saturated carbocycles. The van der Waals surface area contributed by atoms with E-state index < -0.39 is 29.7 Å². The Morgan fingerprint density at radius 1 is 0.808 bits per heavy atom. The van der Waals surface area contributed by atoms with Gasteiger partial charge in [0.05, 0.1) is 11.8 Å². The van der Waals surface area contributed by atoms with Gasteiger partial charge in [-0.25, -0.2) is 0 Å². The van der Waals surface area contributed by atoms with E-state index in [1.807, 2.05) is 54.6 Å². The number of rotatable bonds is 4. The fraction of sp³-hybridized carbons (Fsp3) is 0.182. The zero-order valence-corrected chi connectivity index (χ0v) is 14.2. The van der Waals surface area contributed by atoms with Gasteiger partial charge in [0, 0.05) is 5.92 Å². The molecule has 3 aromatic rings. The highest BCUT2D eigenvalue weighted by Gasteiger charge is 2.43. The Hall–Kier alpha value is -3.14. The summed E-state index contributed by atoms with van der Waals surface area (Å²) in [6.07, 6.45) is 0. The fourth-order valence-corrected chi connectivity index (χ4v) is 4.12. The van der Waals surface area contributed by atoms with E-state index in [1.54, 1.807) is 0 Å². The Balaban J connectivity index is 2.00. The minimum Gasteiger partial charge on any atom is -0.481 e. The van der Waals surface area contributed by atoms with E-state index in [2.05, 4.69) is 6.07 Å². The molecule has 2 N–H and O–H groups in total. The summed E-state index contributed by atoms with van der Waals surface area (Å²) >= 11 is 0. The fourth-order valence-electron chi connectivity index (χ4n) is 4.12. The van der Waals surface area contributed by atoms with E-state index in [4.69, 9.17) is 0 Å². The Bertz CT molecular complexity index is 1040. The average Bonchev–Trinajstić information content (AvgIpc) is 2.93. The third-order valence-electron chi connectivity index (χ3n) is 5.41. The van der Waals surface area contributed by atoms with Gasteiger partial charge < -0.3 is 10.2 Å². The summed E-state index contributed by atoms with van der Waals surface area (Å²) in [7, 11) is 0. The number of carbonyl (C=O) groups is 2. The maximum Gasteiger partial charge on any atom is 0.308 e. The highest BCUT2D eigenvalue weighted by Crippen LogP contribution is 2.51. The van der Waals surface area contributed by atoms with Crippen molar-refractivity contribution in [1.29, 1.82) is 0 Å². The van der Waals surface area contributed by atoms with Crippen LogP contribution in [0.3, 0.4) is 0 Å². The van der Waals surface area contributed by atoms with Crippen LogP contribution in [-0.2, 0) is 9.59 Å². The van der Waals surface area contributed by atoms with Gasteiger partial charge in [-0.05, 0) is 45.2 Å². The van der Waals surface area contributed by atoms with Crippen molar-refractivity contribution >= 4 is 22.7 Å². The first kappa shape index (κ1) is 16.3. The van der Waals surface area contributed by atoms with E-state index in [9.17, 15) is 19.8 Å². The minimum atomic E-state index is -1.09. The van der Waals surface area contributed by atoms with Crippen LogP contribution in [0.15, 0.2) is 60.7 Å². The molecule has 4 heteroatoms. The van der Waals surface area contributed by atoms with Crippen LogP contribution in [0.5, 0.6) is 0 Å². The monoisotopic (exact) mass is 346 g/mol. The lowest BCUT2D eigenvalue weighted by molar-refractivity contribution is -0.153. The Morgan fingerprint density at radius 3 is 2.08 bits per heavy atom. The number of hydrogen-bond donors (Lipinski definition) is 2. The predicted octanol–water partition coefficient (Wildman–Crippen LogP) is 4.37. The average molecular weight is 346 g/mol. The van der Waals surface area contributed by atoms with Crippen LogP contribution in [0.25, 0.3) is 21.9 Å². The number of carboxylic acids is 2. The van der Waals surface area contributed by atoms with Crippen LogP contribution in [0.2, 0.25) is 0 Å². The summed E-state index contributed by atoms with van der Waals surface area (Å²) < 4.78 is 0. The van der Waals surface area contributed by atoms with Crippen molar-refractivity contribution in [3.63, 3.8) is 0 Å². The van der Waals surface area contributed by atoms with Crippen molar-refractivity contribution in [2.45, 2.75) is 12.8 Å². The van der Waals surface area contributed by atoms with Crippen LogP contribution < -0.4 is 0 Å². The van der Waals surface area contributed by atoms with Gasteiger partial charge in [0.2, 0.25) is 0 Å². The molecule has 3 aromatic carbocycles. The summed E-state index contributed by atoms with van der Waals surface area (Å²) in [5.41, 5.74) is 3.76.